The average molecular weight is 272 g/mol. The second kappa shape index (κ2) is 6.13. The molecule has 0 saturated heterocycles. The third-order valence-corrected chi connectivity index (χ3v) is 3.77. The quantitative estimate of drug-likeness (QED) is 0.573. The molecular formula is C12H20N2O3S. The topological polar surface area (TPSA) is 72.6 Å². The highest BCUT2D eigenvalue weighted by Gasteiger charge is 2.48. The van der Waals surface area contributed by atoms with Crippen LogP contribution >= 0.6 is 12.2 Å². The van der Waals surface area contributed by atoms with Crippen LogP contribution in [0.5, 0.6) is 0 Å². The maximum Gasteiger partial charge on any atom is 0.325 e. The van der Waals surface area contributed by atoms with Crippen molar-refractivity contribution in [1.82, 2.24) is 4.90 Å². The molecule has 6 heteroatoms. The fourth-order valence-electron chi connectivity index (χ4n) is 2.09. The molecule has 5 nitrogen and oxygen atoms in total. The lowest BCUT2D eigenvalue weighted by molar-refractivity contribution is -0.152. The van der Waals surface area contributed by atoms with Crippen molar-refractivity contribution >= 4 is 29.1 Å². The van der Waals surface area contributed by atoms with Crippen LogP contribution in [0.1, 0.15) is 33.1 Å². The molecule has 1 aliphatic carbocycles. The van der Waals surface area contributed by atoms with Crippen LogP contribution < -0.4 is 5.73 Å². The monoisotopic (exact) mass is 272 g/mol. The van der Waals surface area contributed by atoms with Gasteiger partial charge in [0, 0.05) is 6.54 Å². The molecule has 18 heavy (non-hydrogen) atoms. The molecule has 1 saturated carbocycles. The minimum absolute atomic E-state index is 0.0342. The van der Waals surface area contributed by atoms with E-state index in [1.165, 1.54) is 4.90 Å². The van der Waals surface area contributed by atoms with Crippen molar-refractivity contribution in [2.24, 2.45) is 11.1 Å². The van der Waals surface area contributed by atoms with Crippen LogP contribution in [0.15, 0.2) is 0 Å². The molecule has 0 aromatic carbocycles. The number of esters is 1. The molecule has 2 N–H and O–H groups in total. The van der Waals surface area contributed by atoms with Crippen molar-refractivity contribution in [2.75, 3.05) is 19.7 Å². The van der Waals surface area contributed by atoms with Crippen molar-refractivity contribution in [1.29, 1.82) is 0 Å². The molecular weight excluding hydrogens is 252 g/mol. The van der Waals surface area contributed by atoms with Gasteiger partial charge in [0.1, 0.15) is 6.54 Å². The van der Waals surface area contributed by atoms with Gasteiger partial charge < -0.3 is 15.4 Å². The van der Waals surface area contributed by atoms with Crippen molar-refractivity contribution in [3.63, 3.8) is 0 Å². The number of carbonyl (C=O) groups excluding carboxylic acids is 2. The van der Waals surface area contributed by atoms with Crippen LogP contribution in [0, 0.1) is 5.41 Å². The maximum absolute atomic E-state index is 12.4. The van der Waals surface area contributed by atoms with E-state index in [0.717, 1.165) is 6.42 Å². The predicted molar refractivity (Wildman–Crippen MR) is 72.0 cm³/mol. The van der Waals surface area contributed by atoms with Gasteiger partial charge in [-0.25, -0.2) is 0 Å². The Hall–Kier alpha value is -1.17. The Bertz CT molecular complexity index is 353. The van der Waals surface area contributed by atoms with E-state index in [9.17, 15) is 9.59 Å². The number of hydrogen-bond acceptors (Lipinski definition) is 4. The van der Waals surface area contributed by atoms with Gasteiger partial charge in [0.05, 0.1) is 17.0 Å². The van der Waals surface area contributed by atoms with E-state index in [2.05, 4.69) is 0 Å². The lowest BCUT2D eigenvalue weighted by Crippen LogP contribution is -2.55. The lowest BCUT2D eigenvalue weighted by Gasteiger charge is -2.42. The molecule has 0 bridgehead atoms. The summed E-state index contributed by atoms with van der Waals surface area (Å²) in [5.74, 6) is -0.540. The van der Waals surface area contributed by atoms with E-state index in [0.29, 0.717) is 26.0 Å². The molecule has 0 spiro atoms. The first-order valence-electron chi connectivity index (χ1n) is 6.22. The summed E-state index contributed by atoms with van der Waals surface area (Å²) in [7, 11) is 0. The fourth-order valence-corrected chi connectivity index (χ4v) is 2.38. The molecule has 0 atom stereocenters. The second-order valence-electron chi connectivity index (χ2n) is 4.42. The standard InChI is InChI=1S/C12H20N2O3S/c1-3-14(8-9(15)17-4-2)11(16)12(10(13)18)6-5-7-12/h3-8H2,1-2H3,(H2,13,18). The number of nitrogens with zero attached hydrogens (tertiary/aromatic N) is 1. The van der Waals surface area contributed by atoms with E-state index in [-0.39, 0.29) is 17.4 Å². The highest BCUT2D eigenvalue weighted by atomic mass is 32.1. The summed E-state index contributed by atoms with van der Waals surface area (Å²) < 4.78 is 4.85. The normalized spacial score (nSPS) is 16.6. The van der Waals surface area contributed by atoms with Gasteiger partial charge in [-0.3, -0.25) is 9.59 Å². The van der Waals surface area contributed by atoms with E-state index < -0.39 is 11.4 Å². The zero-order chi connectivity index (χ0) is 13.8. The van der Waals surface area contributed by atoms with Gasteiger partial charge in [0.15, 0.2) is 0 Å². The van der Waals surface area contributed by atoms with Crippen LogP contribution in [0.4, 0.5) is 0 Å². The fraction of sp³-hybridized carbons (Fsp3) is 0.750. The Morgan fingerprint density at radius 1 is 1.39 bits per heavy atom. The maximum atomic E-state index is 12.4. The number of amides is 1. The van der Waals surface area contributed by atoms with E-state index >= 15 is 0 Å². The number of hydrogen-bond donors (Lipinski definition) is 1. The molecule has 1 fully saturated rings. The predicted octanol–water partition coefficient (Wildman–Crippen LogP) is 0.854. The zero-order valence-electron chi connectivity index (χ0n) is 10.9. The van der Waals surface area contributed by atoms with Gasteiger partial charge in [0.2, 0.25) is 5.91 Å². The number of rotatable bonds is 6. The first kappa shape index (κ1) is 14.9. The van der Waals surface area contributed by atoms with Gasteiger partial charge in [-0.2, -0.15) is 0 Å². The minimum Gasteiger partial charge on any atom is -0.465 e. The molecule has 0 heterocycles. The Morgan fingerprint density at radius 3 is 2.33 bits per heavy atom. The SMILES string of the molecule is CCOC(=O)CN(CC)C(=O)C1(C(N)=S)CCC1. The largest absolute Gasteiger partial charge is 0.465 e. The van der Waals surface area contributed by atoms with Crippen LogP contribution in [0.3, 0.4) is 0 Å². The number of thiocarbonyl (C=S) groups is 1. The molecule has 102 valence electrons. The van der Waals surface area contributed by atoms with Gasteiger partial charge in [-0.05, 0) is 26.7 Å². The summed E-state index contributed by atoms with van der Waals surface area (Å²) >= 11 is 5.00. The van der Waals surface area contributed by atoms with Crippen molar-refractivity contribution in [3.8, 4) is 0 Å². The summed E-state index contributed by atoms with van der Waals surface area (Å²) in [6.45, 7) is 4.28. The first-order valence-corrected chi connectivity index (χ1v) is 6.63. The number of likely N-dealkylation sites (N-methyl/N-ethyl adjacent to an activating group) is 1. The Morgan fingerprint density at radius 2 is 2.00 bits per heavy atom. The summed E-state index contributed by atoms with van der Waals surface area (Å²) in [5, 5.41) is 0. The summed E-state index contributed by atoms with van der Waals surface area (Å²) in [5.41, 5.74) is 4.96. The molecule has 0 aromatic heterocycles. The minimum atomic E-state index is -0.724. The summed E-state index contributed by atoms with van der Waals surface area (Å²) in [6.07, 6.45) is 2.31. The van der Waals surface area contributed by atoms with Crippen LogP contribution in [-0.4, -0.2) is 41.5 Å². The van der Waals surface area contributed by atoms with Gasteiger partial charge in [0.25, 0.3) is 0 Å². The molecule has 0 aliphatic heterocycles. The Balaban J connectivity index is 2.73. The Labute approximate surface area is 113 Å². The highest BCUT2D eigenvalue weighted by Crippen LogP contribution is 2.42. The molecule has 1 aliphatic rings. The van der Waals surface area contributed by atoms with Gasteiger partial charge in [-0.1, -0.05) is 18.6 Å². The zero-order valence-corrected chi connectivity index (χ0v) is 11.7. The second-order valence-corrected chi connectivity index (χ2v) is 4.86. The number of carbonyl (C=O) groups is 2. The summed E-state index contributed by atoms with van der Waals surface area (Å²) in [6, 6.07) is 0. The third kappa shape index (κ3) is 2.80. The van der Waals surface area contributed by atoms with Crippen LogP contribution in [0.25, 0.3) is 0 Å². The summed E-state index contributed by atoms with van der Waals surface area (Å²) in [4.78, 5) is 25.6. The molecule has 0 aromatic rings. The Kier molecular flexibility index (Phi) is 5.07. The van der Waals surface area contributed by atoms with Crippen LogP contribution in [0.2, 0.25) is 0 Å². The molecule has 0 unspecified atom stereocenters. The van der Waals surface area contributed by atoms with Crippen molar-refractivity contribution in [3.05, 3.63) is 0 Å². The molecule has 1 amide bonds. The molecule has 0 radical (unpaired) electrons. The van der Waals surface area contributed by atoms with Crippen molar-refractivity contribution < 1.29 is 14.3 Å². The van der Waals surface area contributed by atoms with Crippen LogP contribution in [-0.2, 0) is 14.3 Å². The van der Waals surface area contributed by atoms with E-state index in [1.54, 1.807) is 6.92 Å². The average Bonchev–Trinajstić information content (AvgIpc) is 2.23. The lowest BCUT2D eigenvalue weighted by atomic mass is 9.67. The van der Waals surface area contributed by atoms with Crippen molar-refractivity contribution in [2.45, 2.75) is 33.1 Å². The van der Waals surface area contributed by atoms with Gasteiger partial charge in [-0.15, -0.1) is 0 Å². The van der Waals surface area contributed by atoms with E-state index in [1.807, 2.05) is 6.92 Å². The number of ether oxygens (including phenoxy) is 1. The number of nitrogens with two attached hydrogens (primary N) is 1. The highest BCUT2D eigenvalue weighted by molar-refractivity contribution is 7.80. The van der Waals surface area contributed by atoms with Gasteiger partial charge >= 0.3 is 5.97 Å². The van der Waals surface area contributed by atoms with E-state index in [4.69, 9.17) is 22.7 Å². The smallest absolute Gasteiger partial charge is 0.325 e. The third-order valence-electron chi connectivity index (χ3n) is 3.38. The molecule has 1 rings (SSSR count). The first-order chi connectivity index (χ1) is 8.47.